The molecule has 0 saturated carbocycles. The van der Waals surface area contributed by atoms with Crippen LogP contribution in [-0.2, 0) is 25.2 Å². The first kappa shape index (κ1) is 61.0. The van der Waals surface area contributed by atoms with Crippen LogP contribution in [0.3, 0.4) is 0 Å². The van der Waals surface area contributed by atoms with Gasteiger partial charge in [-0.1, -0.05) is 43.1 Å². The largest absolute Gasteiger partial charge is 1.00 e. The molecule has 0 atom stereocenters. The van der Waals surface area contributed by atoms with E-state index in [-0.39, 0.29) is 106 Å². The van der Waals surface area contributed by atoms with Crippen molar-refractivity contribution in [3.8, 4) is 23.0 Å². The fourth-order valence-corrected chi connectivity index (χ4v) is 7.21. The van der Waals surface area contributed by atoms with Crippen LogP contribution in [-0.4, -0.2) is 80.0 Å². The van der Waals surface area contributed by atoms with Gasteiger partial charge in [-0.05, 0) is 80.3 Å². The minimum atomic E-state index is -5.02. The van der Waals surface area contributed by atoms with Gasteiger partial charge in [0.15, 0.2) is 34.0 Å². The van der Waals surface area contributed by atoms with Crippen molar-refractivity contribution in [3.63, 3.8) is 0 Å². The summed E-state index contributed by atoms with van der Waals surface area (Å²) in [6, 6.07) is 12.2. The second-order valence-corrected chi connectivity index (χ2v) is 15.5. The SMILES string of the molecule is CCCc1c(OCCCN(C)c2ccc(C(=O)O)cc2OC(F)(F)F)ccc2c(C(F)(F)F)noc12.[C-]#[N+]c1ccc(N(C)CCCOc2ccc3c(C(F)(F)F)noc3c2CCC)c(OC(F)(F)F)c1.[Na+].[OH-]. The van der Waals surface area contributed by atoms with Gasteiger partial charge in [0.25, 0.3) is 0 Å². The zero-order valence-corrected chi connectivity index (χ0v) is 41.4. The molecule has 2 N–H and O–H groups in total. The number of benzene rings is 4. The number of aromatic carboxylic acids is 1. The quantitative estimate of drug-likeness (QED) is 0.0353. The van der Waals surface area contributed by atoms with Crippen molar-refractivity contribution in [1.29, 1.82) is 0 Å². The number of nitrogens with zero attached hydrogens (tertiary/aromatic N) is 5. The van der Waals surface area contributed by atoms with Gasteiger partial charge in [0.1, 0.15) is 17.2 Å². The first-order valence-electron chi connectivity index (χ1n) is 21.3. The van der Waals surface area contributed by atoms with E-state index < -0.39 is 53.9 Å². The van der Waals surface area contributed by atoms with E-state index in [9.17, 15) is 57.5 Å². The van der Waals surface area contributed by atoms with Crippen LogP contribution in [0.1, 0.15) is 72.4 Å². The van der Waals surface area contributed by atoms with Crippen molar-refractivity contribution in [1.82, 2.24) is 10.3 Å². The number of aromatic nitrogens is 2. The molecule has 14 nitrogen and oxygen atoms in total. The maximum atomic E-state index is 13.2. The van der Waals surface area contributed by atoms with Crippen LogP contribution in [0.5, 0.6) is 23.0 Å². The molecule has 0 saturated heterocycles. The molecule has 4 aromatic carbocycles. The Bertz CT molecular complexity index is 2830. The Kier molecular flexibility index (Phi) is 21.4. The molecule has 0 unspecified atom stereocenters. The summed E-state index contributed by atoms with van der Waals surface area (Å²) in [4.78, 5) is 17.2. The topological polar surface area (TPSA) is 167 Å². The first-order chi connectivity index (χ1) is 33.3. The number of fused-ring (bicyclic) bond motifs is 2. The Hall–Kier alpha value is -6.30. The molecule has 0 aliphatic heterocycles. The molecule has 0 aliphatic rings. The van der Waals surface area contributed by atoms with E-state index in [1.165, 1.54) is 59.3 Å². The van der Waals surface area contributed by atoms with Crippen molar-refractivity contribution in [3.05, 3.63) is 100 Å². The van der Waals surface area contributed by atoms with Crippen LogP contribution in [0, 0.1) is 6.57 Å². The van der Waals surface area contributed by atoms with Gasteiger partial charge >= 0.3 is 60.6 Å². The molecule has 6 aromatic rings. The molecule has 0 aliphatic carbocycles. The molecule has 73 heavy (non-hydrogen) atoms. The molecule has 0 amide bonds. The molecule has 2 aromatic heterocycles. The first-order valence-corrected chi connectivity index (χ1v) is 21.3. The van der Waals surface area contributed by atoms with Crippen LogP contribution in [0.15, 0.2) is 69.7 Å². The molecule has 392 valence electrons. The van der Waals surface area contributed by atoms with Gasteiger partial charge in [-0.2, -0.15) is 26.3 Å². The van der Waals surface area contributed by atoms with E-state index >= 15 is 0 Å². The number of rotatable bonds is 19. The Morgan fingerprint density at radius 3 is 1.42 bits per heavy atom. The van der Waals surface area contributed by atoms with E-state index in [4.69, 9.17) is 30.2 Å². The van der Waals surface area contributed by atoms with Crippen molar-refractivity contribution in [2.24, 2.45) is 0 Å². The molecule has 0 spiro atoms. The predicted octanol–water partition coefficient (Wildman–Crippen LogP) is 10.3. The Morgan fingerprint density at radius 2 is 1.05 bits per heavy atom. The van der Waals surface area contributed by atoms with Crippen LogP contribution in [0.2, 0.25) is 0 Å². The number of alkyl halides is 12. The number of aryl methyl sites for hydroxylation is 2. The van der Waals surface area contributed by atoms with Crippen molar-refractivity contribution in [2.45, 2.75) is 77.4 Å². The minimum absolute atomic E-state index is 0. The van der Waals surface area contributed by atoms with Gasteiger partial charge in [-0.25, -0.2) is 9.64 Å². The number of carbonyl (C=O) groups is 1. The number of carboxylic acid groups (broad SMARTS) is 1. The Balaban J connectivity index is 0.000000375. The maximum absolute atomic E-state index is 13.2. The number of anilines is 2. The summed E-state index contributed by atoms with van der Waals surface area (Å²) in [6.07, 6.45) is -16.5. The zero-order valence-electron chi connectivity index (χ0n) is 39.4. The average molecular weight is 1060 g/mol. The monoisotopic (exact) mass is 1060 g/mol. The number of halogens is 12. The predicted molar refractivity (Wildman–Crippen MR) is 234 cm³/mol. The van der Waals surface area contributed by atoms with Crippen molar-refractivity contribution >= 4 is 45.0 Å². The standard InChI is InChI=1S/C23H21F6N3O3.C23H22F6N2O5.Na.H2O/c1-4-6-15-18(10-8-16-20(15)35-31-21(16)22(24,25)26)33-12-5-11-32(3)17-9-7-14(30-2)13-19(17)34-23(27,28)29;1-3-5-14-17(9-7-15-19(14)36-30-20(15)22(24,25)26)34-11-4-10-31(2)16-8-6-13(21(32)33)12-18(16)35-23(27,28)29;;/h7-10,13H,4-6,11-12H2,1,3H3;6-9,12H,3-5,10-11H2,1-2H3,(H,32,33);;1H2/q;;+1;/p-1. The van der Waals surface area contributed by atoms with Crippen molar-refractivity contribution < 1.29 is 126 Å². The van der Waals surface area contributed by atoms with E-state index in [2.05, 4.69) is 24.6 Å². The van der Waals surface area contributed by atoms with Gasteiger partial charge < -0.3 is 48.4 Å². The second kappa shape index (κ2) is 25.6. The molecule has 0 bridgehead atoms. The van der Waals surface area contributed by atoms with Crippen LogP contribution >= 0.6 is 0 Å². The van der Waals surface area contributed by atoms with Crippen molar-refractivity contribution in [2.75, 3.05) is 50.2 Å². The van der Waals surface area contributed by atoms with E-state index in [0.717, 1.165) is 18.2 Å². The van der Waals surface area contributed by atoms with Gasteiger partial charge in [0.05, 0.1) is 47.5 Å². The van der Waals surface area contributed by atoms with Gasteiger partial charge in [0.2, 0.25) is 0 Å². The van der Waals surface area contributed by atoms with E-state index in [1.807, 2.05) is 13.8 Å². The molecule has 0 fully saturated rings. The number of hydrogen-bond acceptors (Lipinski definition) is 12. The summed E-state index contributed by atoms with van der Waals surface area (Å²) < 4.78 is 185. The summed E-state index contributed by atoms with van der Waals surface area (Å²) in [6.45, 7) is 11.4. The summed E-state index contributed by atoms with van der Waals surface area (Å²) in [5.41, 5.74) is -1.49. The zero-order chi connectivity index (χ0) is 52.5. The Morgan fingerprint density at radius 1 is 0.644 bits per heavy atom. The molecule has 27 heteroatoms. The average Bonchev–Trinajstić information content (AvgIpc) is 3.93. The Labute approximate surface area is 430 Å². The van der Waals surface area contributed by atoms with E-state index in [1.54, 1.807) is 7.05 Å². The summed E-state index contributed by atoms with van der Waals surface area (Å²) in [5, 5.41) is 15.1. The van der Waals surface area contributed by atoms with Gasteiger partial charge in [-0.3, -0.25) is 0 Å². The molecular weight excluding hydrogens is 1020 g/mol. The second-order valence-electron chi connectivity index (χ2n) is 15.5. The number of carboxylic acids is 1. The fraction of sp³-hybridized carbons (Fsp3) is 0.391. The molecule has 2 heterocycles. The third-order valence-electron chi connectivity index (χ3n) is 10.3. The minimum Gasteiger partial charge on any atom is -0.870 e. The third-order valence-corrected chi connectivity index (χ3v) is 10.3. The maximum Gasteiger partial charge on any atom is 1.00 e. The number of hydrogen-bond donors (Lipinski definition) is 1. The fourth-order valence-electron chi connectivity index (χ4n) is 7.21. The summed E-state index contributed by atoms with van der Waals surface area (Å²) in [5.74, 6) is -1.88. The third kappa shape index (κ3) is 16.3. The van der Waals surface area contributed by atoms with Crippen LogP contribution in [0.4, 0.5) is 69.7 Å². The van der Waals surface area contributed by atoms with Gasteiger partial charge in [0, 0.05) is 38.3 Å². The van der Waals surface area contributed by atoms with Crippen LogP contribution < -0.4 is 58.3 Å². The normalized spacial score (nSPS) is 11.7. The molecule has 6 rings (SSSR count). The molecule has 0 radical (unpaired) electrons. The summed E-state index contributed by atoms with van der Waals surface area (Å²) in [7, 11) is 3.07. The van der Waals surface area contributed by atoms with E-state index in [0.29, 0.717) is 61.2 Å². The van der Waals surface area contributed by atoms with Crippen LogP contribution in [0.25, 0.3) is 26.8 Å². The van der Waals surface area contributed by atoms with Gasteiger partial charge in [-0.15, -0.1) is 26.3 Å². The molecular formula is C46H44F12N5NaO9. The number of ether oxygens (including phenoxy) is 4. The smallest absolute Gasteiger partial charge is 0.870 e. The summed E-state index contributed by atoms with van der Waals surface area (Å²) >= 11 is 0.